The Hall–Kier alpha value is -3.55. The minimum Gasteiger partial charge on any atom is -0.493 e. The number of fused-ring (bicyclic) bond motifs is 1. The monoisotopic (exact) mass is 463 g/mol. The Morgan fingerprint density at radius 3 is 2.38 bits per heavy atom. The van der Waals surface area contributed by atoms with E-state index in [2.05, 4.69) is 10.2 Å². The van der Waals surface area contributed by atoms with E-state index in [1.54, 1.807) is 20.3 Å². The Balaban J connectivity index is 1.22. The Labute approximate surface area is 198 Å². The number of benzene rings is 2. The second-order valence-electron chi connectivity index (χ2n) is 9.04. The lowest BCUT2D eigenvalue weighted by atomic mass is 9.94. The van der Waals surface area contributed by atoms with E-state index in [0.717, 1.165) is 24.1 Å². The molecule has 8 nitrogen and oxygen atoms in total. The fourth-order valence-electron chi connectivity index (χ4n) is 5.02. The van der Waals surface area contributed by atoms with Crippen molar-refractivity contribution in [3.63, 3.8) is 0 Å². The first-order valence-corrected chi connectivity index (χ1v) is 11.8. The summed E-state index contributed by atoms with van der Waals surface area (Å²) in [6.45, 7) is 1.67. The number of carbonyl (C=O) groups excluding carboxylic acids is 3. The van der Waals surface area contributed by atoms with Crippen LogP contribution in [0.3, 0.4) is 0 Å². The molecule has 0 spiro atoms. The van der Waals surface area contributed by atoms with E-state index in [0.29, 0.717) is 55.1 Å². The van der Waals surface area contributed by atoms with Gasteiger partial charge >= 0.3 is 0 Å². The van der Waals surface area contributed by atoms with E-state index in [4.69, 9.17) is 9.47 Å². The molecule has 0 unspecified atom stereocenters. The van der Waals surface area contributed by atoms with Crippen LogP contribution in [-0.4, -0.2) is 56.0 Å². The number of anilines is 1. The van der Waals surface area contributed by atoms with Gasteiger partial charge in [-0.05, 0) is 43.9 Å². The first-order chi connectivity index (χ1) is 16.5. The molecule has 2 aromatic rings. The number of piperidine rings is 1. The van der Waals surface area contributed by atoms with Crippen LogP contribution < -0.4 is 19.7 Å². The molecule has 2 heterocycles. The highest BCUT2D eigenvalue weighted by Gasteiger charge is 2.46. The maximum atomic E-state index is 13.0. The molecule has 0 aromatic heterocycles. The average Bonchev–Trinajstić information content (AvgIpc) is 3.67. The molecule has 1 N–H and O–H groups in total. The lowest BCUT2D eigenvalue weighted by molar-refractivity contribution is -0.125. The van der Waals surface area contributed by atoms with Crippen molar-refractivity contribution < 1.29 is 23.9 Å². The summed E-state index contributed by atoms with van der Waals surface area (Å²) in [6, 6.07) is 11.2. The Kier molecular flexibility index (Phi) is 5.89. The molecule has 1 saturated carbocycles. The molecule has 0 radical (unpaired) electrons. The standard InChI is InChI=1S/C26H29N3O5/c1-33-21-8-3-5-17(23(21)34-2)15-27-24(30)16-11-13-28(14-12-16)20-7-4-6-19-22(20)26(32)29(25(19)31)18-9-10-18/h3-8,16,18H,9-15H2,1-2H3,(H,27,30). The number of ether oxygens (including phenoxy) is 2. The second kappa shape index (κ2) is 9.00. The highest BCUT2D eigenvalue weighted by molar-refractivity contribution is 6.24. The lowest BCUT2D eigenvalue weighted by Crippen LogP contribution is -2.41. The van der Waals surface area contributed by atoms with Crippen LogP contribution >= 0.6 is 0 Å². The highest BCUT2D eigenvalue weighted by Crippen LogP contribution is 2.39. The van der Waals surface area contributed by atoms with Gasteiger partial charge in [0, 0.05) is 37.2 Å². The van der Waals surface area contributed by atoms with Gasteiger partial charge in [-0.15, -0.1) is 0 Å². The molecule has 8 heteroatoms. The summed E-state index contributed by atoms with van der Waals surface area (Å²) in [5, 5.41) is 3.03. The van der Waals surface area contributed by atoms with Crippen LogP contribution in [0.5, 0.6) is 11.5 Å². The molecule has 2 aromatic carbocycles. The van der Waals surface area contributed by atoms with Gasteiger partial charge in [0.25, 0.3) is 11.8 Å². The third kappa shape index (κ3) is 3.87. The molecule has 2 aliphatic heterocycles. The number of imide groups is 1. The third-order valence-electron chi connectivity index (χ3n) is 6.98. The van der Waals surface area contributed by atoms with Crippen LogP contribution in [-0.2, 0) is 11.3 Å². The molecule has 0 atom stereocenters. The van der Waals surface area contributed by atoms with Crippen molar-refractivity contribution in [3.8, 4) is 11.5 Å². The van der Waals surface area contributed by atoms with E-state index in [1.165, 1.54) is 4.90 Å². The maximum absolute atomic E-state index is 13.0. The molecular weight excluding hydrogens is 434 g/mol. The van der Waals surface area contributed by atoms with Crippen molar-refractivity contribution in [2.75, 3.05) is 32.2 Å². The van der Waals surface area contributed by atoms with Gasteiger partial charge in [0.05, 0.1) is 31.0 Å². The largest absolute Gasteiger partial charge is 0.493 e. The Bertz CT molecular complexity index is 1140. The van der Waals surface area contributed by atoms with Crippen LogP contribution in [0.4, 0.5) is 5.69 Å². The molecule has 2 fully saturated rings. The summed E-state index contributed by atoms with van der Waals surface area (Å²) in [6.07, 6.45) is 3.14. The minimum absolute atomic E-state index is 0.00831. The first-order valence-electron chi connectivity index (χ1n) is 11.8. The molecule has 34 heavy (non-hydrogen) atoms. The molecule has 1 saturated heterocycles. The van der Waals surface area contributed by atoms with Crippen LogP contribution in [0.25, 0.3) is 0 Å². The van der Waals surface area contributed by atoms with E-state index < -0.39 is 0 Å². The number of methoxy groups -OCH3 is 2. The summed E-state index contributed by atoms with van der Waals surface area (Å²) in [5.41, 5.74) is 2.68. The Morgan fingerprint density at radius 2 is 1.71 bits per heavy atom. The minimum atomic E-state index is -0.176. The second-order valence-corrected chi connectivity index (χ2v) is 9.04. The van der Waals surface area contributed by atoms with Gasteiger partial charge in [-0.1, -0.05) is 18.2 Å². The van der Waals surface area contributed by atoms with E-state index in [9.17, 15) is 14.4 Å². The zero-order valence-corrected chi connectivity index (χ0v) is 19.5. The van der Waals surface area contributed by atoms with Gasteiger partial charge in [0.15, 0.2) is 11.5 Å². The van der Waals surface area contributed by atoms with Gasteiger partial charge < -0.3 is 19.7 Å². The van der Waals surface area contributed by atoms with Crippen LogP contribution in [0.1, 0.15) is 52.0 Å². The predicted octanol–water partition coefficient (Wildman–Crippen LogP) is 3.00. The number of hydrogen-bond donors (Lipinski definition) is 1. The molecule has 0 bridgehead atoms. The number of nitrogens with one attached hydrogen (secondary N) is 1. The number of rotatable bonds is 7. The number of amides is 3. The van der Waals surface area contributed by atoms with Crippen molar-refractivity contribution >= 4 is 23.4 Å². The molecule has 1 aliphatic carbocycles. The van der Waals surface area contributed by atoms with Crippen molar-refractivity contribution in [2.45, 2.75) is 38.3 Å². The highest BCUT2D eigenvalue weighted by atomic mass is 16.5. The third-order valence-corrected chi connectivity index (χ3v) is 6.98. The van der Waals surface area contributed by atoms with Crippen LogP contribution in [0.15, 0.2) is 36.4 Å². The van der Waals surface area contributed by atoms with Gasteiger partial charge in [0.2, 0.25) is 5.91 Å². The van der Waals surface area contributed by atoms with Gasteiger partial charge in [0.1, 0.15) is 0 Å². The maximum Gasteiger partial charge on any atom is 0.263 e. The molecular formula is C26H29N3O5. The summed E-state index contributed by atoms with van der Waals surface area (Å²) in [5.74, 6) is 0.805. The lowest BCUT2D eigenvalue weighted by Gasteiger charge is -2.34. The fraction of sp³-hybridized carbons (Fsp3) is 0.423. The number of para-hydroxylation sites is 1. The van der Waals surface area contributed by atoms with Gasteiger partial charge in [-0.25, -0.2) is 0 Å². The van der Waals surface area contributed by atoms with Gasteiger partial charge in [-0.2, -0.15) is 0 Å². The molecule has 5 rings (SSSR count). The van der Waals surface area contributed by atoms with Crippen molar-refractivity contribution in [1.29, 1.82) is 0 Å². The normalized spacial score (nSPS) is 18.2. The van der Waals surface area contributed by atoms with Crippen LogP contribution in [0.2, 0.25) is 0 Å². The summed E-state index contributed by atoms with van der Waals surface area (Å²) in [4.78, 5) is 42.2. The Morgan fingerprint density at radius 1 is 0.971 bits per heavy atom. The van der Waals surface area contributed by atoms with E-state index in [1.807, 2.05) is 30.3 Å². The smallest absolute Gasteiger partial charge is 0.263 e. The average molecular weight is 464 g/mol. The van der Waals surface area contributed by atoms with E-state index >= 15 is 0 Å². The van der Waals surface area contributed by atoms with Gasteiger partial charge in [-0.3, -0.25) is 19.3 Å². The van der Waals surface area contributed by atoms with Crippen molar-refractivity contribution in [2.24, 2.45) is 5.92 Å². The van der Waals surface area contributed by atoms with Crippen molar-refractivity contribution in [3.05, 3.63) is 53.1 Å². The summed E-state index contributed by atoms with van der Waals surface area (Å²) in [7, 11) is 3.17. The quantitative estimate of drug-likeness (QED) is 0.635. The predicted molar refractivity (Wildman–Crippen MR) is 126 cm³/mol. The zero-order chi connectivity index (χ0) is 23.8. The fourth-order valence-corrected chi connectivity index (χ4v) is 5.02. The van der Waals surface area contributed by atoms with E-state index in [-0.39, 0.29) is 29.7 Å². The first kappa shape index (κ1) is 22.3. The molecule has 3 amide bonds. The molecule has 3 aliphatic rings. The summed E-state index contributed by atoms with van der Waals surface area (Å²) < 4.78 is 10.8. The number of hydrogen-bond acceptors (Lipinski definition) is 6. The van der Waals surface area contributed by atoms with Crippen molar-refractivity contribution in [1.82, 2.24) is 10.2 Å². The SMILES string of the molecule is COc1cccc(CNC(=O)C2CCN(c3cccc4c3C(=O)N(C3CC3)C4=O)CC2)c1OC. The molecule has 178 valence electrons. The topological polar surface area (TPSA) is 88.2 Å². The van der Waals surface area contributed by atoms with Crippen LogP contribution in [0, 0.1) is 5.92 Å². The summed E-state index contributed by atoms with van der Waals surface area (Å²) >= 11 is 0. The number of carbonyl (C=O) groups is 3. The zero-order valence-electron chi connectivity index (χ0n) is 19.5. The number of nitrogens with zero attached hydrogens (tertiary/aromatic N) is 2.